The Morgan fingerprint density at radius 1 is 0.630 bits per heavy atom. The van der Waals surface area contributed by atoms with Crippen LogP contribution in [-0.2, 0) is 38.2 Å². The minimum absolute atomic E-state index is 0.0327. The Morgan fingerprint density at radius 3 is 1.76 bits per heavy atom. The van der Waals surface area contributed by atoms with Gasteiger partial charge in [0.2, 0.25) is 0 Å². The number of hydrogen-bond acceptors (Lipinski definition) is 8. The Bertz CT molecular complexity index is 1820. The molecular formula is C46H60O8. The fourth-order valence-electron chi connectivity index (χ4n) is 16.8. The monoisotopic (exact) mass is 740 g/mol. The molecule has 0 saturated heterocycles. The van der Waals surface area contributed by atoms with E-state index in [1.807, 2.05) is 6.08 Å². The summed E-state index contributed by atoms with van der Waals surface area (Å²) in [7, 11) is 0. The molecule has 0 aromatic heterocycles. The molecule has 0 amide bonds. The van der Waals surface area contributed by atoms with Crippen molar-refractivity contribution in [3.8, 4) is 0 Å². The van der Waals surface area contributed by atoms with E-state index >= 15 is 0 Å². The van der Waals surface area contributed by atoms with Gasteiger partial charge in [-0.05, 0) is 157 Å². The lowest BCUT2D eigenvalue weighted by Gasteiger charge is -2.64. The third kappa shape index (κ3) is 4.54. The van der Waals surface area contributed by atoms with Gasteiger partial charge in [0.15, 0.2) is 28.6 Å². The Balaban J connectivity index is 1.12. The van der Waals surface area contributed by atoms with E-state index in [9.17, 15) is 28.8 Å². The normalized spacial score (nSPS) is 48.7. The molecule has 9 aliphatic rings. The number of carbonyl (C=O) groups is 6. The van der Waals surface area contributed by atoms with Crippen molar-refractivity contribution in [1.29, 1.82) is 0 Å². The number of allylic oxidation sites excluding steroid dienone is 3. The summed E-state index contributed by atoms with van der Waals surface area (Å²) in [6.45, 7) is 10.5. The lowest BCUT2D eigenvalue weighted by Crippen LogP contribution is -2.61. The van der Waals surface area contributed by atoms with Crippen LogP contribution >= 0.6 is 0 Å². The number of Topliss-reactive ketones (excluding diaryl/α,β-unsaturated/α-hetero) is 3. The highest BCUT2D eigenvalue weighted by Crippen LogP contribution is 2.74. The molecule has 54 heavy (non-hydrogen) atoms. The van der Waals surface area contributed by atoms with Crippen molar-refractivity contribution >= 4 is 35.1 Å². The first-order chi connectivity index (χ1) is 25.5. The quantitative estimate of drug-likeness (QED) is 0.210. The van der Waals surface area contributed by atoms with Crippen molar-refractivity contribution in [3.05, 3.63) is 22.8 Å². The smallest absolute Gasteiger partial charge is 0.303 e. The minimum Gasteiger partial charge on any atom is -0.451 e. The van der Waals surface area contributed by atoms with Crippen LogP contribution in [0.3, 0.4) is 0 Å². The average Bonchev–Trinajstić information content (AvgIpc) is 3.58. The van der Waals surface area contributed by atoms with Crippen molar-refractivity contribution in [2.24, 2.45) is 69.5 Å². The van der Waals surface area contributed by atoms with Crippen LogP contribution in [0.25, 0.3) is 0 Å². The zero-order chi connectivity index (χ0) is 38.3. The molecule has 9 rings (SSSR count). The molecule has 0 unspecified atom stereocenters. The van der Waals surface area contributed by atoms with E-state index in [0.717, 1.165) is 77.0 Å². The Kier molecular flexibility index (Phi) is 8.20. The third-order valence-electron chi connectivity index (χ3n) is 18.7. The number of hydrogen-bond donors (Lipinski definition) is 0. The predicted molar refractivity (Wildman–Crippen MR) is 199 cm³/mol. The van der Waals surface area contributed by atoms with Crippen molar-refractivity contribution in [2.45, 2.75) is 155 Å². The lowest BCUT2D eigenvalue weighted by atomic mass is 9.39. The van der Waals surface area contributed by atoms with Gasteiger partial charge in [0, 0.05) is 48.9 Å². The molecule has 0 aromatic carbocycles. The van der Waals surface area contributed by atoms with Gasteiger partial charge >= 0.3 is 11.9 Å². The van der Waals surface area contributed by atoms with Gasteiger partial charge < -0.3 is 9.47 Å². The highest BCUT2D eigenvalue weighted by Gasteiger charge is 2.71. The molecule has 8 heteroatoms. The minimum atomic E-state index is -1.11. The number of ketones is 4. The maximum Gasteiger partial charge on any atom is 0.303 e. The number of fused-ring (bicyclic) bond motifs is 11. The van der Waals surface area contributed by atoms with Crippen LogP contribution in [-0.4, -0.2) is 46.3 Å². The summed E-state index contributed by atoms with van der Waals surface area (Å²) in [5, 5.41) is 0. The van der Waals surface area contributed by atoms with Gasteiger partial charge in [0.1, 0.15) is 5.78 Å². The van der Waals surface area contributed by atoms with Crippen LogP contribution in [0.5, 0.6) is 0 Å². The van der Waals surface area contributed by atoms with Gasteiger partial charge in [-0.25, -0.2) is 0 Å². The molecule has 0 heterocycles. The van der Waals surface area contributed by atoms with Crippen molar-refractivity contribution in [3.63, 3.8) is 0 Å². The van der Waals surface area contributed by atoms with Crippen molar-refractivity contribution in [1.82, 2.24) is 0 Å². The predicted octanol–water partition coefficient (Wildman–Crippen LogP) is 8.04. The average molecular weight is 741 g/mol. The molecule has 1 spiro atoms. The number of esters is 2. The number of rotatable bonds is 4. The first kappa shape index (κ1) is 36.7. The Labute approximate surface area is 320 Å². The van der Waals surface area contributed by atoms with Gasteiger partial charge in [-0.1, -0.05) is 30.6 Å². The van der Waals surface area contributed by atoms with Crippen molar-refractivity contribution in [2.75, 3.05) is 0 Å². The summed E-state index contributed by atoms with van der Waals surface area (Å²) in [5.74, 6) is 2.03. The maximum atomic E-state index is 14.8. The molecule has 9 aliphatic carbocycles. The van der Waals surface area contributed by atoms with Gasteiger partial charge in [-0.15, -0.1) is 0 Å². The summed E-state index contributed by atoms with van der Waals surface area (Å²) >= 11 is 0. The molecule has 6 saturated carbocycles. The number of ether oxygens (including phenoxy) is 2. The fourth-order valence-corrected chi connectivity index (χ4v) is 16.8. The van der Waals surface area contributed by atoms with Crippen LogP contribution in [0.15, 0.2) is 22.8 Å². The van der Waals surface area contributed by atoms with E-state index < -0.39 is 33.4 Å². The van der Waals surface area contributed by atoms with Crippen LogP contribution in [0.1, 0.15) is 144 Å². The van der Waals surface area contributed by atoms with E-state index in [4.69, 9.17) is 9.47 Å². The zero-order valence-corrected chi connectivity index (χ0v) is 33.4. The second-order valence-electron chi connectivity index (χ2n) is 20.2. The second kappa shape index (κ2) is 12.1. The highest BCUT2D eigenvalue weighted by atomic mass is 16.6. The topological polar surface area (TPSA) is 121 Å². The fraction of sp³-hybridized carbons (Fsp3) is 0.783. The van der Waals surface area contributed by atoms with Crippen molar-refractivity contribution < 1.29 is 38.2 Å². The van der Waals surface area contributed by atoms with Gasteiger partial charge in [0.05, 0.1) is 0 Å². The molecule has 6 fully saturated rings. The van der Waals surface area contributed by atoms with E-state index in [0.29, 0.717) is 55.1 Å². The van der Waals surface area contributed by atoms with E-state index in [1.165, 1.54) is 30.6 Å². The van der Waals surface area contributed by atoms with E-state index in [1.54, 1.807) is 13.8 Å². The third-order valence-corrected chi connectivity index (χ3v) is 18.7. The van der Waals surface area contributed by atoms with E-state index in [2.05, 4.69) is 13.8 Å². The lowest BCUT2D eigenvalue weighted by molar-refractivity contribution is -0.188. The molecule has 292 valence electrons. The highest BCUT2D eigenvalue weighted by molar-refractivity contribution is 5.93. The summed E-state index contributed by atoms with van der Waals surface area (Å²) in [5.41, 5.74) is 0.692. The molecule has 0 aromatic rings. The molecule has 14 atom stereocenters. The Morgan fingerprint density at radius 2 is 1.19 bits per heavy atom. The first-order valence-corrected chi connectivity index (χ1v) is 21.4. The molecule has 0 N–H and O–H groups in total. The van der Waals surface area contributed by atoms with Crippen LogP contribution in [0.4, 0.5) is 0 Å². The zero-order valence-electron chi connectivity index (χ0n) is 33.4. The van der Waals surface area contributed by atoms with E-state index in [-0.39, 0.29) is 52.9 Å². The van der Waals surface area contributed by atoms with Crippen LogP contribution in [0, 0.1) is 69.5 Å². The summed E-state index contributed by atoms with van der Waals surface area (Å²) in [6, 6.07) is 0. The largest absolute Gasteiger partial charge is 0.451 e. The summed E-state index contributed by atoms with van der Waals surface area (Å²) in [4.78, 5) is 80.1. The second-order valence-corrected chi connectivity index (χ2v) is 20.2. The van der Waals surface area contributed by atoms with Gasteiger partial charge in [-0.3, -0.25) is 28.8 Å². The molecule has 0 bridgehead atoms. The van der Waals surface area contributed by atoms with Gasteiger partial charge in [-0.2, -0.15) is 0 Å². The standard InChI is InChI=1S/C46H60O8/c1-24(47)45(53-26(3)49)19-14-36-34-21-28-11-18-44(41-39(52)10-9-33(40(28)41)31(34)13-17-42(36,45)5)23-35-30(32-8-7-29(51)22-38(32)44)12-16-43(6)37(35)15-20-46(43,25(2)48)54-27(4)50/h22,30-37,41H,7-21,23H2,1-6H3/t30-,31-,32-,33-,34-,35-,36+,37+,41-,42+,43+,44+,45+,46+/m1/s1. The first-order valence-electron chi connectivity index (χ1n) is 21.4. The molecular weight excluding hydrogens is 680 g/mol. The maximum absolute atomic E-state index is 14.8. The Hall–Kier alpha value is -2.90. The SMILES string of the molecule is CC(=O)O[C@]1(C(C)=O)CC[C@H]2[C@@H]3C[C@@]4(CCC5=C6[C@H]4C(=O)CC[C@@H]6[C@H]4CC[C@@]6(C)[C@@H](CC[C@]6(OC(C)=O)C(C)=O)[C@@H]4C5)C4=CC(=O)CC[C@@H]4[C@H]3CC[C@@]21C. The van der Waals surface area contributed by atoms with Crippen LogP contribution in [0.2, 0.25) is 0 Å². The van der Waals surface area contributed by atoms with Gasteiger partial charge in [0.25, 0.3) is 0 Å². The number of carbonyl (C=O) groups excluding carboxylic acids is 6. The molecule has 0 aliphatic heterocycles. The molecule has 8 nitrogen and oxygen atoms in total. The summed E-state index contributed by atoms with van der Waals surface area (Å²) in [6.07, 6.45) is 14.8. The summed E-state index contributed by atoms with van der Waals surface area (Å²) < 4.78 is 12.2. The van der Waals surface area contributed by atoms with Crippen LogP contribution < -0.4 is 0 Å². The molecule has 0 radical (unpaired) electrons.